The van der Waals surface area contributed by atoms with Gasteiger partial charge in [-0.05, 0) is 34.1 Å². The molecule has 22 heavy (non-hydrogen) atoms. The van der Waals surface area contributed by atoms with Gasteiger partial charge in [-0.2, -0.15) is 10.2 Å². The third-order valence-electron chi connectivity index (χ3n) is 2.71. The zero-order chi connectivity index (χ0) is 16.1. The third kappa shape index (κ3) is 3.99. The summed E-state index contributed by atoms with van der Waals surface area (Å²) in [4.78, 5) is 22.1. The average Bonchev–Trinajstić information content (AvgIpc) is 2.53. The van der Waals surface area contributed by atoms with Gasteiger partial charge in [0.15, 0.2) is 5.78 Å². The zero-order valence-electron chi connectivity index (χ0n) is 11.1. The molecule has 0 spiro atoms. The number of carbonyl (C=O) groups is 2. The molecule has 2 aromatic rings. The molecule has 0 aromatic heterocycles. The number of halogens is 2. The van der Waals surface area contributed by atoms with Crippen LogP contribution in [0.2, 0.25) is 5.02 Å². The van der Waals surface area contributed by atoms with Gasteiger partial charge >= 0.3 is 5.97 Å². The number of hydrogen-bond donors (Lipinski definition) is 1. The van der Waals surface area contributed by atoms with E-state index >= 15 is 0 Å². The fourth-order valence-corrected chi connectivity index (χ4v) is 1.95. The summed E-state index contributed by atoms with van der Waals surface area (Å²) in [7, 11) is 0. The van der Waals surface area contributed by atoms with Crippen LogP contribution in [0, 0.1) is 0 Å². The van der Waals surface area contributed by atoms with Crippen molar-refractivity contribution in [1.29, 1.82) is 0 Å². The molecule has 1 atom stereocenters. The SMILES string of the molecule is O=C(c1ccccc1)c1cc(Cl)ccc1/N=N/C(Br)C(=O)O. The molecular formula is C15H10BrClN2O3. The van der Waals surface area contributed by atoms with E-state index < -0.39 is 10.9 Å². The van der Waals surface area contributed by atoms with Crippen LogP contribution in [0.5, 0.6) is 0 Å². The standard InChI is InChI=1S/C15H10BrClN2O3/c16-14(15(21)22)19-18-12-7-6-10(17)8-11(12)13(20)9-4-2-1-3-5-9/h1-8,14H,(H,21,22)/b19-18+. The maximum atomic E-state index is 12.5. The van der Waals surface area contributed by atoms with Crippen molar-refractivity contribution < 1.29 is 14.7 Å². The Morgan fingerprint density at radius 2 is 1.82 bits per heavy atom. The summed E-state index contributed by atoms with van der Waals surface area (Å²) in [5, 5.41) is 16.6. The second-order valence-electron chi connectivity index (χ2n) is 4.25. The summed E-state index contributed by atoms with van der Waals surface area (Å²) in [6, 6.07) is 13.2. The van der Waals surface area contributed by atoms with Gasteiger partial charge in [0, 0.05) is 10.6 Å². The lowest BCUT2D eigenvalue weighted by Gasteiger charge is -2.05. The van der Waals surface area contributed by atoms with Crippen molar-refractivity contribution in [2.45, 2.75) is 4.95 Å². The van der Waals surface area contributed by atoms with Crippen LogP contribution in [0.1, 0.15) is 15.9 Å². The van der Waals surface area contributed by atoms with Crippen LogP contribution in [0.15, 0.2) is 58.8 Å². The van der Waals surface area contributed by atoms with E-state index in [1.807, 2.05) is 0 Å². The van der Waals surface area contributed by atoms with E-state index in [1.165, 1.54) is 12.1 Å². The van der Waals surface area contributed by atoms with Crippen LogP contribution < -0.4 is 0 Å². The van der Waals surface area contributed by atoms with Crippen molar-refractivity contribution in [2.24, 2.45) is 10.2 Å². The number of carbonyl (C=O) groups excluding carboxylic acids is 1. The van der Waals surface area contributed by atoms with Crippen molar-refractivity contribution in [3.05, 3.63) is 64.7 Å². The summed E-state index contributed by atoms with van der Waals surface area (Å²) < 4.78 is 0. The number of benzene rings is 2. The highest BCUT2D eigenvalue weighted by Gasteiger charge is 2.16. The van der Waals surface area contributed by atoms with E-state index in [0.29, 0.717) is 10.6 Å². The Kier molecular flexibility index (Phi) is 5.41. The van der Waals surface area contributed by atoms with Gasteiger partial charge in [0.1, 0.15) is 0 Å². The van der Waals surface area contributed by atoms with Gasteiger partial charge in [-0.25, -0.2) is 4.79 Å². The second kappa shape index (κ2) is 7.29. The zero-order valence-corrected chi connectivity index (χ0v) is 13.5. The summed E-state index contributed by atoms with van der Waals surface area (Å²) in [5.74, 6) is -1.44. The minimum atomic E-state index is -1.18. The van der Waals surface area contributed by atoms with E-state index in [-0.39, 0.29) is 17.0 Å². The second-order valence-corrected chi connectivity index (χ2v) is 5.55. The predicted octanol–water partition coefficient (Wildman–Crippen LogP) is 4.46. The Labute approximate surface area is 139 Å². The van der Waals surface area contributed by atoms with E-state index in [0.717, 1.165) is 0 Å². The van der Waals surface area contributed by atoms with E-state index in [9.17, 15) is 9.59 Å². The molecule has 0 aliphatic rings. The molecule has 1 N–H and O–H groups in total. The maximum absolute atomic E-state index is 12.5. The Hall–Kier alpha value is -2.05. The van der Waals surface area contributed by atoms with Crippen LogP contribution in [0.4, 0.5) is 5.69 Å². The number of carboxylic acid groups (broad SMARTS) is 1. The third-order valence-corrected chi connectivity index (χ3v) is 3.52. The quantitative estimate of drug-likeness (QED) is 0.359. The lowest BCUT2D eigenvalue weighted by molar-refractivity contribution is -0.136. The summed E-state index contributed by atoms with van der Waals surface area (Å²) in [5.41, 5.74) is 0.992. The van der Waals surface area contributed by atoms with Gasteiger partial charge in [0.2, 0.25) is 4.95 Å². The van der Waals surface area contributed by atoms with Gasteiger partial charge in [0.25, 0.3) is 0 Å². The Morgan fingerprint density at radius 3 is 2.45 bits per heavy atom. The van der Waals surface area contributed by atoms with Crippen LogP contribution >= 0.6 is 27.5 Å². The van der Waals surface area contributed by atoms with Crippen molar-refractivity contribution in [3.63, 3.8) is 0 Å². The Balaban J connectivity index is 2.40. The predicted molar refractivity (Wildman–Crippen MR) is 86.2 cm³/mol. The normalized spacial score (nSPS) is 12.3. The molecule has 0 fully saturated rings. The Bertz CT molecular complexity index is 735. The number of aliphatic carboxylic acids is 1. The van der Waals surface area contributed by atoms with Gasteiger partial charge in [-0.1, -0.05) is 41.9 Å². The van der Waals surface area contributed by atoms with Crippen LogP contribution in [-0.4, -0.2) is 21.8 Å². The molecule has 0 heterocycles. The summed E-state index contributed by atoms with van der Waals surface area (Å²) in [6.07, 6.45) is 0. The van der Waals surface area contributed by atoms with Gasteiger partial charge < -0.3 is 5.11 Å². The van der Waals surface area contributed by atoms with Crippen LogP contribution in [0.25, 0.3) is 0 Å². The number of carboxylic acids is 1. The first-order chi connectivity index (χ1) is 10.5. The topological polar surface area (TPSA) is 79.1 Å². The number of ketones is 1. The molecule has 2 aromatic carbocycles. The van der Waals surface area contributed by atoms with Crippen molar-refractivity contribution >= 4 is 45.0 Å². The molecule has 1 unspecified atom stereocenters. The molecule has 0 saturated heterocycles. The van der Waals surface area contributed by atoms with Crippen molar-refractivity contribution in [2.75, 3.05) is 0 Å². The summed E-state index contributed by atoms with van der Waals surface area (Å²) in [6.45, 7) is 0. The number of alkyl halides is 1. The molecule has 0 aliphatic carbocycles. The minimum Gasteiger partial charge on any atom is -0.479 e. The average molecular weight is 382 g/mol. The first-order valence-corrected chi connectivity index (χ1v) is 7.45. The molecule has 2 rings (SSSR count). The highest BCUT2D eigenvalue weighted by molar-refractivity contribution is 9.10. The van der Waals surface area contributed by atoms with Gasteiger partial charge in [-0.15, -0.1) is 0 Å². The molecule has 5 nitrogen and oxygen atoms in total. The number of nitrogens with zero attached hydrogens (tertiary/aromatic N) is 2. The molecular weight excluding hydrogens is 372 g/mol. The Morgan fingerprint density at radius 1 is 1.14 bits per heavy atom. The number of hydrogen-bond acceptors (Lipinski definition) is 4. The maximum Gasteiger partial charge on any atom is 0.341 e. The van der Waals surface area contributed by atoms with Crippen LogP contribution in [0.3, 0.4) is 0 Å². The van der Waals surface area contributed by atoms with E-state index in [1.54, 1.807) is 36.4 Å². The highest BCUT2D eigenvalue weighted by Crippen LogP contribution is 2.27. The fraction of sp³-hybridized carbons (Fsp3) is 0.0667. The molecule has 0 aliphatic heterocycles. The first kappa shape index (κ1) is 16.3. The van der Waals surface area contributed by atoms with Gasteiger partial charge in [-0.3, -0.25) is 4.79 Å². The minimum absolute atomic E-state index is 0.254. The van der Waals surface area contributed by atoms with E-state index in [2.05, 4.69) is 26.2 Å². The van der Waals surface area contributed by atoms with E-state index in [4.69, 9.17) is 16.7 Å². The molecule has 0 radical (unpaired) electrons. The first-order valence-electron chi connectivity index (χ1n) is 6.16. The monoisotopic (exact) mass is 380 g/mol. The largest absolute Gasteiger partial charge is 0.479 e. The van der Waals surface area contributed by atoms with Gasteiger partial charge in [0.05, 0.1) is 11.3 Å². The lowest BCUT2D eigenvalue weighted by atomic mass is 10.0. The number of azo groups is 1. The molecule has 0 saturated carbocycles. The van der Waals surface area contributed by atoms with Crippen LogP contribution in [-0.2, 0) is 4.79 Å². The smallest absolute Gasteiger partial charge is 0.341 e. The molecule has 0 bridgehead atoms. The fourth-order valence-electron chi connectivity index (χ4n) is 1.68. The molecule has 112 valence electrons. The summed E-state index contributed by atoms with van der Waals surface area (Å²) >= 11 is 8.78. The van der Waals surface area contributed by atoms with Crippen molar-refractivity contribution in [3.8, 4) is 0 Å². The molecule has 7 heteroatoms. The lowest BCUT2D eigenvalue weighted by Crippen LogP contribution is -2.08. The highest BCUT2D eigenvalue weighted by atomic mass is 79.9. The molecule has 0 amide bonds. The number of rotatable bonds is 5. The van der Waals surface area contributed by atoms with Crippen molar-refractivity contribution in [1.82, 2.24) is 0 Å².